The third-order valence-electron chi connectivity index (χ3n) is 32.9. The molecule has 0 bridgehead atoms. The normalized spacial score (nSPS) is 16.9. The largest absolute Gasteiger partial charge is 0.0654 e. The van der Waals surface area contributed by atoms with Crippen molar-refractivity contribution in [3.63, 3.8) is 0 Å². The quantitative estimate of drug-likeness (QED) is 0.0797. The molecule has 0 heterocycles. The minimum atomic E-state index is 0.564. The van der Waals surface area contributed by atoms with Crippen LogP contribution in [0.1, 0.15) is 433 Å². The molecule has 0 amide bonds. The predicted molar refractivity (Wildman–Crippen MR) is 673 cm³/mol. The van der Waals surface area contributed by atoms with Gasteiger partial charge in [0.1, 0.15) is 0 Å². The maximum atomic E-state index is 2.43. The summed E-state index contributed by atoms with van der Waals surface area (Å²) >= 11 is 0. The second-order valence-corrected chi connectivity index (χ2v) is 50.2. The molecule has 0 nitrogen and oxygen atoms in total. The molecule has 16 rings (SSSR count). The average Bonchev–Trinajstić information content (AvgIpc) is 0.815. The fourth-order valence-electron chi connectivity index (χ4n) is 21.7. The summed E-state index contributed by atoms with van der Waals surface area (Å²) in [6.45, 7) is 89.3. The van der Waals surface area contributed by atoms with Crippen LogP contribution in [0.5, 0.6) is 0 Å². The maximum absolute atomic E-state index is 2.43. The summed E-state index contributed by atoms with van der Waals surface area (Å²) in [5.41, 5.74) is 42.7. The van der Waals surface area contributed by atoms with E-state index in [1.165, 1.54) is 338 Å². The number of benzene rings is 12. The molecule has 149 heavy (non-hydrogen) atoms. The Balaban J connectivity index is 0.000000339. The molecule has 12 aromatic carbocycles. The van der Waals surface area contributed by atoms with Crippen molar-refractivity contribution in [1.29, 1.82) is 0 Å². The van der Waals surface area contributed by atoms with Gasteiger partial charge in [-0.3, -0.25) is 0 Å². The lowest BCUT2D eigenvalue weighted by Gasteiger charge is -2.44. The van der Waals surface area contributed by atoms with Crippen LogP contribution in [0.2, 0.25) is 0 Å². The first-order chi connectivity index (χ1) is 70.2. The fourth-order valence-corrected chi connectivity index (χ4v) is 21.7. The number of hydrogen-bond acceptors (Lipinski definition) is 0. The van der Waals surface area contributed by atoms with Gasteiger partial charge in [0.15, 0.2) is 0 Å². The molecule has 0 aromatic heterocycles. The summed E-state index contributed by atoms with van der Waals surface area (Å²) < 4.78 is 0. The molecule has 4 saturated carbocycles. The second kappa shape index (κ2) is 69.5. The van der Waals surface area contributed by atoms with Crippen LogP contribution in [-0.2, 0) is 12.8 Å². The second-order valence-electron chi connectivity index (χ2n) is 50.2. The van der Waals surface area contributed by atoms with E-state index in [2.05, 4.69) is 507 Å². The van der Waals surface area contributed by atoms with Crippen molar-refractivity contribution >= 4 is 10.8 Å². The van der Waals surface area contributed by atoms with E-state index in [1.807, 2.05) is 0 Å². The number of rotatable bonds is 17. The van der Waals surface area contributed by atoms with Crippen LogP contribution in [0.25, 0.3) is 21.9 Å². The summed E-state index contributed by atoms with van der Waals surface area (Å²) in [5, 5.41) is 2.75. The Hall–Kier alpha value is -9.10. The van der Waals surface area contributed by atoms with Crippen LogP contribution in [0.4, 0.5) is 0 Å². The van der Waals surface area contributed by atoms with E-state index < -0.39 is 0 Å². The van der Waals surface area contributed by atoms with Gasteiger partial charge in [-0.25, -0.2) is 0 Å². The van der Waals surface area contributed by atoms with E-state index in [9.17, 15) is 0 Å². The van der Waals surface area contributed by atoms with Crippen LogP contribution in [-0.4, -0.2) is 0 Å². The Labute approximate surface area is 922 Å². The molecule has 4 fully saturated rings. The standard InChI is InChI=1S/C17H20.C16H18.C15H28.C15H16.C12H12.C11H22.C11H24.C10H14.2C9H12.C8H16.C8H10.C8H18/c1-12-5-7-16(9-14(12)3)11-17-8-6-13(2)15(4)10-17;1-11-5-7-15(9-13(11)3)16-8-6-12(2)14(4)10-16;2*1-12-3-7-14(8-4-12)11-15-9-5-13(2)6-10-15;1-9-5-3-8-12-10(2)6-4-7-11(9)12;1-9-6-10(2,3)8-11(4,5)7-9;1-6-8-10(3)9-11(4,5)7-2;1-7-5-9(3)10(4)6-8(7)2;1-7-4-5-8(2)9(3)6-7;1-7-5-4-6-8(2)9(7)3;2*1-7-3-5-8(2)6-4-7;1-3-5-7-8-6-4-2/h5-10H,11H2,1-4H3;5-10H,1-4H3;12-15H,3-11H2,1-2H3;3-10H,11H2,1-2H3;3-8H,1-2H3;9H,6-8H2,1-5H3;10H,6-9H2,1-5H3;5-6H,1-4H3;2*4-6H,1-3H3;7-8H,3-6H2,1-2H3;3-6H,1-2H3;3-8H2,1-2H3. The minimum absolute atomic E-state index is 0.564. The van der Waals surface area contributed by atoms with Crippen molar-refractivity contribution in [3.05, 3.63) is 386 Å². The highest BCUT2D eigenvalue weighted by atomic mass is 14.4. The average molecular weight is 2010 g/mol. The number of fused-ring (bicyclic) bond motifs is 1. The van der Waals surface area contributed by atoms with Crippen molar-refractivity contribution in [1.82, 2.24) is 0 Å². The van der Waals surface area contributed by atoms with Crippen molar-refractivity contribution in [2.24, 2.45) is 63.6 Å². The SMILES string of the molecule is CC1CC(C)(C)CC(C)(C)C1.CC1CCC(C)CC1.CC1CCC(CC2CCC(C)CC2)CC1.CCCC(C)CC(C)(C)CC.CCCCCCCC.Cc1cc(C)c(C)cc1C.Cc1ccc(-c2ccc(C)c(C)c2)cc1C.Cc1ccc(C)c(C)c1.Cc1ccc(C)cc1.Cc1ccc(Cc2ccc(C)c(C)c2)cc1C.Cc1ccc(Cc2ccc(C)cc2)cc1.Cc1cccc(C)c1C.Cc1cccc2c(C)cccc12. The molecule has 0 N–H and O–H groups in total. The van der Waals surface area contributed by atoms with E-state index in [0.717, 1.165) is 60.2 Å². The van der Waals surface area contributed by atoms with Crippen LogP contribution in [0.3, 0.4) is 0 Å². The van der Waals surface area contributed by atoms with Gasteiger partial charge in [-0.2, -0.15) is 0 Å². The molecule has 12 aromatic rings. The van der Waals surface area contributed by atoms with E-state index in [4.69, 9.17) is 0 Å². The lowest BCUT2D eigenvalue weighted by atomic mass is 9.62. The van der Waals surface area contributed by atoms with E-state index in [-0.39, 0.29) is 0 Å². The predicted octanol–water partition coefficient (Wildman–Crippen LogP) is 46.2. The number of aryl methyl sites for hydroxylation is 23. The van der Waals surface area contributed by atoms with Gasteiger partial charge in [-0.15, -0.1) is 0 Å². The van der Waals surface area contributed by atoms with Crippen molar-refractivity contribution in [2.45, 2.75) is 457 Å². The summed E-state index contributed by atoms with van der Waals surface area (Å²) in [7, 11) is 0. The van der Waals surface area contributed by atoms with Gasteiger partial charge in [0.05, 0.1) is 0 Å². The smallest absolute Gasteiger partial charge is 0.00256 e. The lowest BCUT2D eigenvalue weighted by Crippen LogP contribution is -2.32. The van der Waals surface area contributed by atoms with Crippen LogP contribution >= 0.6 is 0 Å². The molecule has 818 valence electrons. The molecule has 0 heteroatoms. The Morgan fingerprint density at radius 1 is 0.262 bits per heavy atom. The van der Waals surface area contributed by atoms with Gasteiger partial charge in [0, 0.05) is 0 Å². The fraction of sp³-hybridized carbons (Fsp3) is 0.530. The molecule has 0 aliphatic heterocycles. The molecule has 0 radical (unpaired) electrons. The molecular formula is C149H222. The number of unbranched alkanes of at least 4 members (excludes halogenated alkanes) is 5. The molecular weight excluding hydrogens is 1790 g/mol. The summed E-state index contributed by atoms with van der Waals surface area (Å²) in [6.07, 6.45) is 39.8. The first kappa shape index (κ1) is 132. The third-order valence-corrected chi connectivity index (χ3v) is 32.9. The Bertz CT molecular complexity index is 5350. The minimum Gasteiger partial charge on any atom is -0.0654 e. The zero-order chi connectivity index (χ0) is 111. The van der Waals surface area contributed by atoms with Crippen molar-refractivity contribution in [3.8, 4) is 11.1 Å². The van der Waals surface area contributed by atoms with Crippen molar-refractivity contribution in [2.75, 3.05) is 0 Å². The van der Waals surface area contributed by atoms with E-state index in [1.54, 1.807) is 6.42 Å². The molecule has 1 unspecified atom stereocenters. The summed E-state index contributed by atoms with van der Waals surface area (Å²) in [5.74, 6) is 8.11. The Morgan fingerprint density at radius 3 is 0.832 bits per heavy atom. The topological polar surface area (TPSA) is 0 Å². The first-order valence-electron chi connectivity index (χ1n) is 59.2. The lowest BCUT2D eigenvalue weighted by molar-refractivity contribution is 0.0754. The summed E-state index contributed by atoms with van der Waals surface area (Å²) in [6, 6.07) is 83.0. The summed E-state index contributed by atoms with van der Waals surface area (Å²) in [4.78, 5) is 0. The van der Waals surface area contributed by atoms with Gasteiger partial charge in [-0.05, 0) is 425 Å². The van der Waals surface area contributed by atoms with Gasteiger partial charge in [0.25, 0.3) is 0 Å². The van der Waals surface area contributed by atoms with Crippen molar-refractivity contribution < 1.29 is 0 Å². The number of hydrogen-bond donors (Lipinski definition) is 0. The third kappa shape index (κ3) is 54.8. The molecule has 0 spiro atoms. The molecule has 1 atom stereocenters. The van der Waals surface area contributed by atoms with Gasteiger partial charge in [0.2, 0.25) is 0 Å². The zero-order valence-corrected chi connectivity index (χ0v) is 104. The highest BCUT2D eigenvalue weighted by Crippen LogP contribution is 2.48. The first-order valence-corrected chi connectivity index (χ1v) is 59.2. The molecule has 4 aliphatic rings. The monoisotopic (exact) mass is 2010 g/mol. The van der Waals surface area contributed by atoms with Gasteiger partial charge in [-0.1, -0.05) is 504 Å². The maximum Gasteiger partial charge on any atom is -0.00256 e. The van der Waals surface area contributed by atoms with Crippen LogP contribution < -0.4 is 0 Å². The molecule has 0 saturated heterocycles. The van der Waals surface area contributed by atoms with E-state index >= 15 is 0 Å². The molecule has 4 aliphatic carbocycles. The Morgan fingerprint density at radius 2 is 0.537 bits per heavy atom. The Kier molecular flexibility index (Phi) is 61.7. The van der Waals surface area contributed by atoms with Gasteiger partial charge >= 0.3 is 0 Å². The zero-order valence-electron chi connectivity index (χ0n) is 104. The van der Waals surface area contributed by atoms with Gasteiger partial charge < -0.3 is 0 Å². The van der Waals surface area contributed by atoms with Crippen LogP contribution in [0, 0.1) is 230 Å². The highest BCUT2D eigenvalue weighted by molar-refractivity contribution is 5.88. The highest BCUT2D eigenvalue weighted by Gasteiger charge is 2.36. The van der Waals surface area contributed by atoms with E-state index in [0.29, 0.717) is 16.2 Å². The van der Waals surface area contributed by atoms with Crippen LogP contribution in [0.15, 0.2) is 231 Å².